The lowest BCUT2D eigenvalue weighted by molar-refractivity contribution is -0.133. The van der Waals surface area contributed by atoms with Crippen molar-refractivity contribution in [1.29, 1.82) is 0 Å². The first-order valence-corrected chi connectivity index (χ1v) is 10.7. The smallest absolute Gasteiger partial charge is 0.267 e. The molecule has 1 aliphatic heterocycles. The molecule has 0 saturated carbocycles. The van der Waals surface area contributed by atoms with E-state index < -0.39 is 0 Å². The molecule has 0 saturated heterocycles. The summed E-state index contributed by atoms with van der Waals surface area (Å²) in [5, 5.41) is 4.45. The number of aromatic nitrogens is 2. The van der Waals surface area contributed by atoms with Crippen LogP contribution in [0.15, 0.2) is 53.3 Å². The molecular weight excluding hydrogens is 406 g/mol. The summed E-state index contributed by atoms with van der Waals surface area (Å²) in [5.74, 6) is 1.18. The molecule has 0 spiro atoms. The number of ether oxygens (including phenoxy) is 2. The molecule has 7 nitrogen and oxygen atoms in total. The summed E-state index contributed by atoms with van der Waals surface area (Å²) >= 11 is 0. The third-order valence-electron chi connectivity index (χ3n) is 5.88. The van der Waals surface area contributed by atoms with Gasteiger partial charge in [0.05, 0.1) is 19.9 Å². The Kier molecular flexibility index (Phi) is 6.25. The highest BCUT2D eigenvalue weighted by atomic mass is 16.5. The topological polar surface area (TPSA) is 73.7 Å². The minimum absolute atomic E-state index is 0.0949. The number of benzene rings is 2. The molecule has 32 heavy (non-hydrogen) atoms. The Balaban J connectivity index is 1.52. The average Bonchev–Trinajstić information content (AvgIpc) is 2.84. The quantitative estimate of drug-likeness (QED) is 0.597. The van der Waals surface area contributed by atoms with Crippen LogP contribution in [0.1, 0.15) is 23.6 Å². The summed E-state index contributed by atoms with van der Waals surface area (Å²) in [5.41, 5.74) is 4.68. The van der Waals surface area contributed by atoms with Crippen LogP contribution in [0.4, 0.5) is 0 Å². The second-order valence-corrected chi connectivity index (χ2v) is 7.81. The second-order valence-electron chi connectivity index (χ2n) is 7.81. The van der Waals surface area contributed by atoms with Gasteiger partial charge in [0.2, 0.25) is 5.91 Å². The van der Waals surface area contributed by atoms with Gasteiger partial charge < -0.3 is 14.4 Å². The predicted octanol–water partition coefficient (Wildman–Crippen LogP) is 3.07. The molecule has 4 rings (SSSR count). The van der Waals surface area contributed by atoms with Crippen molar-refractivity contribution >= 4 is 5.91 Å². The van der Waals surface area contributed by atoms with E-state index in [9.17, 15) is 9.59 Å². The molecule has 0 fully saturated rings. The summed E-state index contributed by atoms with van der Waals surface area (Å²) in [6, 6.07) is 15.1. The molecule has 0 N–H and O–H groups in total. The summed E-state index contributed by atoms with van der Waals surface area (Å²) in [6.07, 6.45) is 1.67. The van der Waals surface area contributed by atoms with E-state index in [2.05, 4.69) is 12.0 Å². The van der Waals surface area contributed by atoms with Gasteiger partial charge >= 0.3 is 0 Å². The molecule has 0 unspecified atom stereocenters. The van der Waals surface area contributed by atoms with Crippen molar-refractivity contribution in [2.45, 2.75) is 32.9 Å². The van der Waals surface area contributed by atoms with Gasteiger partial charge in [-0.25, -0.2) is 4.68 Å². The molecule has 1 aromatic heterocycles. The zero-order valence-corrected chi connectivity index (χ0v) is 18.6. The molecule has 2 heterocycles. The Morgan fingerprint density at radius 3 is 2.34 bits per heavy atom. The van der Waals surface area contributed by atoms with E-state index in [0.29, 0.717) is 36.7 Å². The molecule has 2 aromatic carbocycles. The number of nitrogens with zero attached hydrogens (tertiary/aromatic N) is 3. The van der Waals surface area contributed by atoms with Crippen LogP contribution in [0.5, 0.6) is 11.5 Å². The molecule has 166 valence electrons. The normalized spacial score (nSPS) is 12.9. The number of rotatable bonds is 6. The maximum Gasteiger partial charge on any atom is 0.267 e. The van der Waals surface area contributed by atoms with Gasteiger partial charge in [0.15, 0.2) is 11.5 Å². The Morgan fingerprint density at radius 1 is 1.00 bits per heavy atom. The lowest BCUT2D eigenvalue weighted by Crippen LogP contribution is -2.40. The standard InChI is InChI=1S/C25H27N3O4/c1-4-17-5-7-18(8-6-17)21-9-10-24(29)28(26-21)16-25(30)27-12-11-19-13-22(31-2)23(32-3)14-20(19)15-27/h5-10,13-14H,4,11-12,15-16H2,1-3H3. The number of aryl methyl sites for hydroxylation is 1. The number of hydrogen-bond donors (Lipinski definition) is 0. The molecule has 1 aliphatic rings. The zero-order valence-electron chi connectivity index (χ0n) is 18.6. The minimum atomic E-state index is -0.295. The Morgan fingerprint density at radius 2 is 1.69 bits per heavy atom. The minimum Gasteiger partial charge on any atom is -0.493 e. The zero-order chi connectivity index (χ0) is 22.7. The van der Waals surface area contributed by atoms with Gasteiger partial charge in [0, 0.05) is 24.7 Å². The van der Waals surface area contributed by atoms with E-state index in [-0.39, 0.29) is 18.0 Å². The number of carbonyl (C=O) groups is 1. The third-order valence-corrected chi connectivity index (χ3v) is 5.88. The first-order valence-electron chi connectivity index (χ1n) is 10.7. The van der Waals surface area contributed by atoms with Crippen LogP contribution in [-0.4, -0.2) is 41.4 Å². The Labute approximate surface area is 187 Å². The summed E-state index contributed by atoms with van der Waals surface area (Å²) in [6.45, 7) is 3.04. The fraction of sp³-hybridized carbons (Fsp3) is 0.320. The van der Waals surface area contributed by atoms with Gasteiger partial charge in [-0.3, -0.25) is 9.59 Å². The molecular formula is C25H27N3O4. The van der Waals surface area contributed by atoms with Crippen LogP contribution in [0, 0.1) is 0 Å². The maximum absolute atomic E-state index is 13.0. The molecule has 1 amide bonds. The Bertz CT molecular complexity index is 1180. The molecule has 0 atom stereocenters. The number of fused-ring (bicyclic) bond motifs is 1. The van der Waals surface area contributed by atoms with Crippen LogP contribution in [-0.2, 0) is 30.7 Å². The lowest BCUT2D eigenvalue weighted by Gasteiger charge is -2.29. The number of amides is 1. The monoisotopic (exact) mass is 433 g/mol. The number of carbonyl (C=O) groups excluding carboxylic acids is 1. The van der Waals surface area contributed by atoms with Crippen molar-refractivity contribution in [1.82, 2.24) is 14.7 Å². The van der Waals surface area contributed by atoms with E-state index in [1.165, 1.54) is 16.3 Å². The van der Waals surface area contributed by atoms with Crippen LogP contribution in [0.2, 0.25) is 0 Å². The largest absolute Gasteiger partial charge is 0.493 e. The van der Waals surface area contributed by atoms with E-state index in [4.69, 9.17) is 9.47 Å². The molecule has 7 heteroatoms. The number of methoxy groups -OCH3 is 2. The van der Waals surface area contributed by atoms with Gasteiger partial charge in [-0.05, 0) is 47.7 Å². The van der Waals surface area contributed by atoms with Crippen molar-refractivity contribution < 1.29 is 14.3 Å². The number of hydrogen-bond acceptors (Lipinski definition) is 5. The third kappa shape index (κ3) is 4.37. The van der Waals surface area contributed by atoms with Crippen LogP contribution >= 0.6 is 0 Å². The average molecular weight is 434 g/mol. The van der Waals surface area contributed by atoms with Gasteiger partial charge in [-0.15, -0.1) is 0 Å². The maximum atomic E-state index is 13.0. The molecule has 3 aromatic rings. The van der Waals surface area contributed by atoms with Crippen molar-refractivity contribution in [3.8, 4) is 22.8 Å². The molecule has 0 aliphatic carbocycles. The van der Waals surface area contributed by atoms with Gasteiger partial charge in [0.1, 0.15) is 6.54 Å². The fourth-order valence-electron chi connectivity index (χ4n) is 3.95. The molecule has 0 radical (unpaired) electrons. The van der Waals surface area contributed by atoms with Crippen molar-refractivity contribution in [2.24, 2.45) is 0 Å². The van der Waals surface area contributed by atoms with E-state index in [0.717, 1.165) is 23.1 Å². The first-order chi connectivity index (χ1) is 15.5. The highest BCUT2D eigenvalue weighted by Gasteiger charge is 2.23. The van der Waals surface area contributed by atoms with E-state index in [1.54, 1.807) is 25.2 Å². The van der Waals surface area contributed by atoms with Gasteiger partial charge in [-0.1, -0.05) is 31.2 Å². The highest BCUT2D eigenvalue weighted by Crippen LogP contribution is 2.33. The van der Waals surface area contributed by atoms with Crippen LogP contribution in [0.25, 0.3) is 11.3 Å². The Hall–Kier alpha value is -3.61. The predicted molar refractivity (Wildman–Crippen MR) is 122 cm³/mol. The second kappa shape index (κ2) is 9.26. The molecule has 0 bridgehead atoms. The summed E-state index contributed by atoms with van der Waals surface area (Å²) in [7, 11) is 3.21. The fourth-order valence-corrected chi connectivity index (χ4v) is 3.95. The van der Waals surface area contributed by atoms with Crippen molar-refractivity contribution in [3.63, 3.8) is 0 Å². The van der Waals surface area contributed by atoms with Gasteiger partial charge in [0.25, 0.3) is 5.56 Å². The van der Waals surface area contributed by atoms with Crippen LogP contribution < -0.4 is 15.0 Å². The summed E-state index contributed by atoms with van der Waals surface area (Å²) in [4.78, 5) is 27.1. The highest BCUT2D eigenvalue weighted by molar-refractivity contribution is 5.76. The van der Waals surface area contributed by atoms with Crippen LogP contribution in [0.3, 0.4) is 0 Å². The van der Waals surface area contributed by atoms with Crippen molar-refractivity contribution in [2.75, 3.05) is 20.8 Å². The van der Waals surface area contributed by atoms with Gasteiger partial charge in [-0.2, -0.15) is 5.10 Å². The lowest BCUT2D eigenvalue weighted by atomic mass is 9.98. The first kappa shape index (κ1) is 21.6. The van der Waals surface area contributed by atoms with E-state index >= 15 is 0 Å². The SMILES string of the molecule is CCc1ccc(-c2ccc(=O)n(CC(=O)N3CCc4cc(OC)c(OC)cc4C3)n2)cc1. The van der Waals surface area contributed by atoms with Crippen molar-refractivity contribution in [3.05, 3.63) is 75.6 Å². The summed E-state index contributed by atoms with van der Waals surface area (Å²) < 4.78 is 12.0. The van der Waals surface area contributed by atoms with E-state index in [1.807, 2.05) is 36.4 Å².